The van der Waals surface area contributed by atoms with Gasteiger partial charge in [-0.15, -0.1) is 0 Å². The molecule has 0 rings (SSSR count). The van der Waals surface area contributed by atoms with E-state index in [1.807, 2.05) is 0 Å². The van der Waals surface area contributed by atoms with E-state index in [2.05, 4.69) is 63.7 Å². The summed E-state index contributed by atoms with van der Waals surface area (Å²) in [4.78, 5) is 0. The third kappa shape index (κ3) is 12.1. The highest BCUT2D eigenvalue weighted by molar-refractivity contribution is 9.10. The van der Waals surface area contributed by atoms with Gasteiger partial charge in [-0.05, 0) is 38.5 Å². The van der Waals surface area contributed by atoms with Crippen LogP contribution in [0.4, 0.5) is 0 Å². The predicted molar refractivity (Wildman–Crippen MR) is 81.8 cm³/mol. The van der Waals surface area contributed by atoms with E-state index in [1.54, 1.807) is 0 Å². The number of hydrogen-bond donors (Lipinski definition) is 0. The summed E-state index contributed by atoms with van der Waals surface area (Å²) in [6.07, 6.45) is 6.97. The molecule has 0 amide bonds. The Labute approximate surface area is 127 Å². The van der Waals surface area contributed by atoms with E-state index in [9.17, 15) is 0 Å². The van der Waals surface area contributed by atoms with Crippen molar-refractivity contribution in [1.29, 1.82) is 0 Å². The van der Waals surface area contributed by atoms with Gasteiger partial charge in [0.05, 0.1) is 0 Å². The van der Waals surface area contributed by atoms with E-state index in [1.165, 1.54) is 25.7 Å². The Morgan fingerprint density at radius 2 is 1.13 bits per heavy atom. The fourth-order valence-electron chi connectivity index (χ4n) is 1.09. The van der Waals surface area contributed by atoms with Gasteiger partial charge in [0.2, 0.25) is 0 Å². The molecule has 0 radical (unpaired) electrons. The van der Waals surface area contributed by atoms with Crippen LogP contribution in [0, 0.1) is 0 Å². The lowest BCUT2D eigenvalue weighted by Gasteiger charge is -2.16. The van der Waals surface area contributed by atoms with Gasteiger partial charge in [0.15, 0.2) is 0 Å². The quantitative estimate of drug-likeness (QED) is 0.297. The molecule has 2 unspecified atom stereocenters. The monoisotopic (exact) mass is 470 g/mol. The highest BCUT2D eigenvalue weighted by Gasteiger charge is 2.10. The molecule has 1 nitrogen and oxygen atoms in total. The minimum Gasteiger partial charge on any atom is -0.353 e. The predicted octanol–water partition coefficient (Wildman–Crippen LogP) is 5.58. The van der Waals surface area contributed by atoms with E-state index in [-0.39, 0.29) is 10.0 Å². The minimum atomic E-state index is 0.185. The first-order chi connectivity index (χ1) is 7.20. The summed E-state index contributed by atoms with van der Waals surface area (Å²) < 4.78 is 5.75. The van der Waals surface area contributed by atoms with Gasteiger partial charge in [0.25, 0.3) is 0 Å². The first-order valence-corrected chi connectivity index (χ1v) is 9.33. The maximum absolute atomic E-state index is 5.75. The van der Waals surface area contributed by atoms with Crippen molar-refractivity contribution < 1.29 is 4.74 Å². The van der Waals surface area contributed by atoms with E-state index in [0.717, 1.165) is 23.5 Å². The molecule has 92 valence electrons. The number of unbranched alkanes of at least 4 members (excludes halogenated alkanes) is 2. The van der Waals surface area contributed by atoms with Crippen molar-refractivity contribution in [3.63, 3.8) is 0 Å². The topological polar surface area (TPSA) is 9.23 Å². The molecule has 0 aliphatic rings. The van der Waals surface area contributed by atoms with Gasteiger partial charge in [-0.1, -0.05) is 63.7 Å². The van der Waals surface area contributed by atoms with E-state index in [0.29, 0.717) is 0 Å². The summed E-state index contributed by atoms with van der Waals surface area (Å²) in [5, 5.41) is 2.53. The van der Waals surface area contributed by atoms with Crippen molar-refractivity contribution in [1.82, 2.24) is 0 Å². The molecular weight excluding hydrogens is 456 g/mol. The van der Waals surface area contributed by atoms with Gasteiger partial charge in [-0.3, -0.25) is 0 Å². The summed E-state index contributed by atoms with van der Waals surface area (Å²) in [6, 6.07) is 0. The first-order valence-electron chi connectivity index (χ1n) is 5.26. The molecule has 0 saturated heterocycles. The Kier molecular flexibility index (Phi) is 13.9. The zero-order valence-electron chi connectivity index (χ0n) is 8.73. The van der Waals surface area contributed by atoms with Crippen LogP contribution < -0.4 is 0 Å². The summed E-state index contributed by atoms with van der Waals surface area (Å²) in [5.41, 5.74) is 0. The molecule has 5 heteroatoms. The Hall–Kier alpha value is 1.88. The summed E-state index contributed by atoms with van der Waals surface area (Å²) in [6.45, 7) is 0. The average molecular weight is 474 g/mol. The second-order valence-electron chi connectivity index (χ2n) is 3.33. The molecule has 0 aromatic carbocycles. The lowest BCUT2D eigenvalue weighted by atomic mass is 10.2. The number of ether oxygens (including phenoxy) is 1. The summed E-state index contributed by atoms with van der Waals surface area (Å²) in [7, 11) is 0. The third-order valence-corrected chi connectivity index (χ3v) is 4.39. The fourth-order valence-corrected chi connectivity index (χ4v) is 3.35. The van der Waals surface area contributed by atoms with Crippen LogP contribution in [0.3, 0.4) is 0 Å². The normalized spacial score (nSPS) is 15.2. The van der Waals surface area contributed by atoms with Gasteiger partial charge in [-0.25, -0.2) is 0 Å². The Morgan fingerprint density at radius 1 is 0.733 bits per heavy atom. The first kappa shape index (κ1) is 16.9. The average Bonchev–Trinajstić information content (AvgIpc) is 2.18. The van der Waals surface area contributed by atoms with Crippen molar-refractivity contribution >= 4 is 63.7 Å². The third-order valence-electron chi connectivity index (χ3n) is 1.92. The van der Waals surface area contributed by atoms with Gasteiger partial charge < -0.3 is 4.74 Å². The van der Waals surface area contributed by atoms with Crippen LogP contribution in [0.25, 0.3) is 0 Å². The molecule has 0 bridgehead atoms. The van der Waals surface area contributed by atoms with Crippen LogP contribution in [0.1, 0.15) is 38.5 Å². The molecule has 0 fully saturated rings. The zero-order valence-corrected chi connectivity index (χ0v) is 15.1. The standard InChI is InChI=1S/C10H18Br4O/c11-7-3-1-5-9(13)15-10(14)6-2-4-8-12/h9-10H,1-8H2. The van der Waals surface area contributed by atoms with Crippen LogP contribution >= 0.6 is 63.7 Å². The largest absolute Gasteiger partial charge is 0.353 e. The number of halogens is 4. The molecule has 0 N–H and O–H groups in total. The van der Waals surface area contributed by atoms with E-state index >= 15 is 0 Å². The van der Waals surface area contributed by atoms with Crippen molar-refractivity contribution in [3.8, 4) is 0 Å². The van der Waals surface area contributed by atoms with Crippen molar-refractivity contribution in [2.24, 2.45) is 0 Å². The van der Waals surface area contributed by atoms with E-state index < -0.39 is 0 Å². The minimum absolute atomic E-state index is 0.185. The van der Waals surface area contributed by atoms with Crippen molar-refractivity contribution in [2.45, 2.75) is 48.6 Å². The van der Waals surface area contributed by atoms with Crippen LogP contribution in [-0.4, -0.2) is 20.7 Å². The molecule has 0 aliphatic carbocycles. The van der Waals surface area contributed by atoms with Gasteiger partial charge >= 0.3 is 0 Å². The highest BCUT2D eigenvalue weighted by Crippen LogP contribution is 2.20. The molecule has 0 spiro atoms. The molecule has 0 aromatic rings. The Balaban J connectivity index is 3.35. The Morgan fingerprint density at radius 3 is 1.47 bits per heavy atom. The smallest absolute Gasteiger partial charge is 0.114 e. The zero-order chi connectivity index (χ0) is 11.5. The summed E-state index contributed by atoms with van der Waals surface area (Å²) >= 11 is 13.9. The van der Waals surface area contributed by atoms with Crippen LogP contribution in [-0.2, 0) is 4.74 Å². The number of hydrogen-bond acceptors (Lipinski definition) is 1. The van der Waals surface area contributed by atoms with Gasteiger partial charge in [-0.2, -0.15) is 0 Å². The molecule has 15 heavy (non-hydrogen) atoms. The second kappa shape index (κ2) is 12.3. The lowest BCUT2D eigenvalue weighted by Crippen LogP contribution is -2.12. The molecule has 0 aromatic heterocycles. The van der Waals surface area contributed by atoms with Crippen LogP contribution in [0.5, 0.6) is 0 Å². The van der Waals surface area contributed by atoms with Crippen molar-refractivity contribution in [2.75, 3.05) is 10.7 Å². The van der Waals surface area contributed by atoms with E-state index in [4.69, 9.17) is 4.74 Å². The van der Waals surface area contributed by atoms with Gasteiger partial charge in [0.1, 0.15) is 10.0 Å². The lowest BCUT2D eigenvalue weighted by molar-refractivity contribution is 0.0876. The Bertz CT molecular complexity index is 121. The van der Waals surface area contributed by atoms with Crippen LogP contribution in [0.2, 0.25) is 0 Å². The molecule has 0 saturated carbocycles. The molecule has 0 aliphatic heterocycles. The SMILES string of the molecule is BrCCCCC(Br)OC(Br)CCCCBr. The molecule has 2 atom stereocenters. The maximum Gasteiger partial charge on any atom is 0.114 e. The maximum atomic E-state index is 5.75. The fraction of sp³-hybridized carbons (Fsp3) is 1.00. The second-order valence-corrected chi connectivity index (χ2v) is 6.95. The van der Waals surface area contributed by atoms with Crippen molar-refractivity contribution in [3.05, 3.63) is 0 Å². The number of rotatable bonds is 10. The molecule has 0 heterocycles. The highest BCUT2D eigenvalue weighted by atomic mass is 79.9. The van der Waals surface area contributed by atoms with Crippen LogP contribution in [0.15, 0.2) is 0 Å². The summed E-state index contributed by atoms with van der Waals surface area (Å²) in [5.74, 6) is 0. The molecular formula is C10H18Br4O. The number of alkyl halides is 4. The van der Waals surface area contributed by atoms with Gasteiger partial charge in [0, 0.05) is 10.7 Å².